The van der Waals surface area contributed by atoms with Crippen molar-refractivity contribution in [2.24, 2.45) is 5.92 Å². The van der Waals surface area contributed by atoms with Crippen molar-refractivity contribution in [2.75, 3.05) is 26.7 Å². The Morgan fingerprint density at radius 2 is 2.28 bits per heavy atom. The summed E-state index contributed by atoms with van der Waals surface area (Å²) in [7, 11) is 2.18. The van der Waals surface area contributed by atoms with Gasteiger partial charge in [0.1, 0.15) is 11.4 Å². The van der Waals surface area contributed by atoms with Crippen molar-refractivity contribution < 1.29 is 4.74 Å². The van der Waals surface area contributed by atoms with Gasteiger partial charge in [0.2, 0.25) is 0 Å². The summed E-state index contributed by atoms with van der Waals surface area (Å²) in [6.45, 7) is 3.18. The van der Waals surface area contributed by atoms with E-state index in [1.807, 2.05) is 18.3 Å². The summed E-state index contributed by atoms with van der Waals surface area (Å²) in [4.78, 5) is 9.79. The molecule has 4 heteroatoms. The van der Waals surface area contributed by atoms with E-state index in [2.05, 4.69) is 21.9 Å². The summed E-state index contributed by atoms with van der Waals surface area (Å²) in [6, 6.07) is 4.07. The number of piperidine rings is 1. The van der Waals surface area contributed by atoms with Gasteiger partial charge >= 0.3 is 0 Å². The zero-order valence-electron chi connectivity index (χ0n) is 10.7. The summed E-state index contributed by atoms with van der Waals surface area (Å²) in [5.41, 5.74) is 0.918. The van der Waals surface area contributed by atoms with Gasteiger partial charge in [-0.3, -0.25) is 0 Å². The van der Waals surface area contributed by atoms with Gasteiger partial charge in [0.15, 0.2) is 0 Å². The monoisotopic (exact) mass is 245 g/mol. The predicted octanol–water partition coefficient (Wildman–Crippen LogP) is 2.28. The van der Waals surface area contributed by atoms with Crippen LogP contribution in [-0.2, 0) is 0 Å². The maximum Gasteiger partial charge on any atom is 0.138 e. The molecule has 0 bridgehead atoms. The van der Waals surface area contributed by atoms with Crippen LogP contribution in [0.25, 0.3) is 11.0 Å². The second kappa shape index (κ2) is 4.98. The molecule has 0 atom stereocenters. The molecule has 0 aromatic carbocycles. The molecular weight excluding hydrogens is 226 g/mol. The van der Waals surface area contributed by atoms with E-state index < -0.39 is 0 Å². The molecule has 1 fully saturated rings. The minimum atomic E-state index is 0.683. The van der Waals surface area contributed by atoms with Crippen LogP contribution in [0.4, 0.5) is 0 Å². The summed E-state index contributed by atoms with van der Waals surface area (Å²) in [5, 5.41) is 1.11. The normalized spacial score (nSPS) is 18.3. The first-order valence-corrected chi connectivity index (χ1v) is 6.56. The fraction of sp³-hybridized carbons (Fsp3) is 0.500. The van der Waals surface area contributed by atoms with Crippen LogP contribution in [-0.4, -0.2) is 41.6 Å². The number of aromatic amines is 1. The second-order valence-corrected chi connectivity index (χ2v) is 5.14. The number of pyridine rings is 1. The molecule has 3 rings (SSSR count). The van der Waals surface area contributed by atoms with Crippen molar-refractivity contribution in [3.63, 3.8) is 0 Å². The van der Waals surface area contributed by atoms with Crippen molar-refractivity contribution in [3.05, 3.63) is 24.5 Å². The molecule has 0 aliphatic carbocycles. The highest BCUT2D eigenvalue weighted by Crippen LogP contribution is 2.20. The first kappa shape index (κ1) is 11.5. The average Bonchev–Trinajstić information content (AvgIpc) is 2.85. The molecule has 96 valence electrons. The lowest BCUT2D eigenvalue weighted by Crippen LogP contribution is -2.32. The van der Waals surface area contributed by atoms with Crippen molar-refractivity contribution in [1.82, 2.24) is 14.9 Å². The van der Waals surface area contributed by atoms with E-state index in [4.69, 9.17) is 4.74 Å². The fourth-order valence-corrected chi connectivity index (χ4v) is 2.44. The highest BCUT2D eigenvalue weighted by atomic mass is 16.5. The molecule has 0 amide bonds. The van der Waals surface area contributed by atoms with E-state index in [1.165, 1.54) is 25.9 Å². The zero-order chi connectivity index (χ0) is 12.4. The number of aromatic nitrogens is 2. The number of nitrogens with zero attached hydrogens (tertiary/aromatic N) is 2. The summed E-state index contributed by atoms with van der Waals surface area (Å²) in [5.74, 6) is 1.56. The van der Waals surface area contributed by atoms with Crippen LogP contribution in [0.15, 0.2) is 24.5 Å². The minimum absolute atomic E-state index is 0.683. The van der Waals surface area contributed by atoms with E-state index in [9.17, 15) is 0 Å². The molecule has 2 aromatic rings. The third-order valence-corrected chi connectivity index (χ3v) is 3.70. The minimum Gasteiger partial charge on any atom is -0.492 e. The van der Waals surface area contributed by atoms with Gasteiger partial charge in [0.05, 0.1) is 12.8 Å². The lowest BCUT2D eigenvalue weighted by molar-refractivity contribution is 0.160. The largest absolute Gasteiger partial charge is 0.492 e. The molecule has 3 heterocycles. The van der Waals surface area contributed by atoms with Crippen LogP contribution in [0.3, 0.4) is 0 Å². The number of fused-ring (bicyclic) bond motifs is 1. The molecule has 1 aliphatic heterocycles. The van der Waals surface area contributed by atoms with Crippen LogP contribution in [0.5, 0.6) is 5.75 Å². The highest BCUT2D eigenvalue weighted by Gasteiger charge is 2.17. The van der Waals surface area contributed by atoms with Gasteiger partial charge in [-0.15, -0.1) is 0 Å². The number of nitrogens with one attached hydrogen (secondary N) is 1. The van der Waals surface area contributed by atoms with Gasteiger partial charge in [0.25, 0.3) is 0 Å². The number of hydrogen-bond acceptors (Lipinski definition) is 3. The average molecular weight is 245 g/mol. The van der Waals surface area contributed by atoms with E-state index in [0.29, 0.717) is 5.92 Å². The molecule has 18 heavy (non-hydrogen) atoms. The summed E-state index contributed by atoms with van der Waals surface area (Å²) >= 11 is 0. The predicted molar refractivity (Wildman–Crippen MR) is 71.8 cm³/mol. The Balaban J connectivity index is 1.59. The van der Waals surface area contributed by atoms with E-state index in [-0.39, 0.29) is 0 Å². The molecule has 0 unspecified atom stereocenters. The lowest BCUT2D eigenvalue weighted by Gasteiger charge is -2.28. The van der Waals surface area contributed by atoms with Crippen molar-refractivity contribution in [3.8, 4) is 5.75 Å². The van der Waals surface area contributed by atoms with Gasteiger partial charge in [-0.1, -0.05) is 0 Å². The van der Waals surface area contributed by atoms with Gasteiger partial charge in [-0.25, -0.2) is 4.98 Å². The van der Waals surface area contributed by atoms with E-state index in [1.54, 1.807) is 6.20 Å². The van der Waals surface area contributed by atoms with Gasteiger partial charge in [0, 0.05) is 11.6 Å². The first-order chi connectivity index (χ1) is 8.81. The number of hydrogen-bond donors (Lipinski definition) is 1. The van der Waals surface area contributed by atoms with Gasteiger partial charge in [-0.05, 0) is 51.0 Å². The summed E-state index contributed by atoms with van der Waals surface area (Å²) < 4.78 is 5.86. The standard InChI is InChI=1S/C14H19N3O/c1-17-6-3-11(4-7-17)10-18-13-8-12-2-5-15-14(12)16-9-13/h2,5,8-9,11H,3-4,6-7,10H2,1H3,(H,15,16). The second-order valence-electron chi connectivity index (χ2n) is 5.14. The van der Waals surface area contributed by atoms with Crippen molar-refractivity contribution in [1.29, 1.82) is 0 Å². The first-order valence-electron chi connectivity index (χ1n) is 6.56. The molecule has 2 aromatic heterocycles. The Hall–Kier alpha value is -1.55. The Bertz CT molecular complexity index is 514. The SMILES string of the molecule is CN1CCC(COc2cnc3[nH]ccc3c2)CC1. The maximum absolute atomic E-state index is 5.86. The molecule has 1 saturated heterocycles. The van der Waals surface area contributed by atoms with Crippen LogP contribution >= 0.6 is 0 Å². The number of rotatable bonds is 3. The van der Waals surface area contributed by atoms with Crippen molar-refractivity contribution in [2.45, 2.75) is 12.8 Å². The van der Waals surface area contributed by atoms with E-state index >= 15 is 0 Å². The van der Waals surface area contributed by atoms with Crippen LogP contribution in [0.1, 0.15) is 12.8 Å². The third kappa shape index (κ3) is 2.48. The maximum atomic E-state index is 5.86. The van der Waals surface area contributed by atoms with E-state index in [0.717, 1.165) is 23.4 Å². The summed E-state index contributed by atoms with van der Waals surface area (Å²) in [6.07, 6.45) is 6.17. The topological polar surface area (TPSA) is 41.1 Å². The Morgan fingerprint density at radius 1 is 1.44 bits per heavy atom. The molecule has 0 spiro atoms. The molecule has 1 aliphatic rings. The zero-order valence-corrected chi connectivity index (χ0v) is 10.7. The quantitative estimate of drug-likeness (QED) is 0.902. The fourth-order valence-electron chi connectivity index (χ4n) is 2.44. The van der Waals surface area contributed by atoms with Gasteiger partial charge < -0.3 is 14.6 Å². The highest BCUT2D eigenvalue weighted by molar-refractivity contribution is 5.76. The van der Waals surface area contributed by atoms with Crippen LogP contribution in [0, 0.1) is 5.92 Å². The molecule has 4 nitrogen and oxygen atoms in total. The Morgan fingerprint density at radius 3 is 3.11 bits per heavy atom. The molecule has 0 saturated carbocycles. The van der Waals surface area contributed by atoms with Crippen LogP contribution < -0.4 is 4.74 Å². The number of H-pyrrole nitrogens is 1. The number of ether oxygens (including phenoxy) is 1. The third-order valence-electron chi connectivity index (χ3n) is 3.70. The smallest absolute Gasteiger partial charge is 0.138 e. The van der Waals surface area contributed by atoms with Gasteiger partial charge in [-0.2, -0.15) is 0 Å². The lowest BCUT2D eigenvalue weighted by atomic mass is 9.98. The molecular formula is C14H19N3O. The number of likely N-dealkylation sites (tertiary alicyclic amines) is 1. The van der Waals surface area contributed by atoms with Crippen molar-refractivity contribution >= 4 is 11.0 Å². The molecule has 0 radical (unpaired) electrons. The Kier molecular flexibility index (Phi) is 3.19. The van der Waals surface area contributed by atoms with Crippen LogP contribution in [0.2, 0.25) is 0 Å². The Labute approximate surface area is 107 Å². The molecule has 1 N–H and O–H groups in total.